The summed E-state index contributed by atoms with van der Waals surface area (Å²) in [5.74, 6) is -5.89. The van der Waals surface area contributed by atoms with Crippen LogP contribution in [0.15, 0.2) is 54.6 Å². The highest BCUT2D eigenvalue weighted by Gasteiger charge is 2.33. The van der Waals surface area contributed by atoms with Gasteiger partial charge in [0.05, 0.1) is 25.5 Å². The number of rotatable bonds is 15. The van der Waals surface area contributed by atoms with E-state index in [-0.39, 0.29) is 30.5 Å². The summed E-state index contributed by atoms with van der Waals surface area (Å²) >= 11 is 0. The lowest BCUT2D eigenvalue weighted by atomic mass is 9.99. The Hall–Kier alpha value is -5.07. The molecule has 13 heteroatoms. The van der Waals surface area contributed by atoms with E-state index < -0.39 is 65.4 Å². The van der Waals surface area contributed by atoms with Gasteiger partial charge in [0, 0.05) is 19.8 Å². The first-order chi connectivity index (χ1) is 20.9. The number of amides is 4. The molecular weight excluding hydrogens is 572 g/mol. The largest absolute Gasteiger partial charge is 0.469 e. The Labute approximate surface area is 255 Å². The molecule has 0 aliphatic heterocycles. The molecule has 4 amide bonds. The normalized spacial score (nSPS) is 12.6. The van der Waals surface area contributed by atoms with Crippen LogP contribution in [0.25, 0.3) is 0 Å². The molecule has 2 aromatic rings. The predicted octanol–water partition coefficient (Wildman–Crippen LogP) is 1.31. The first-order valence-electron chi connectivity index (χ1n) is 13.9. The van der Waals surface area contributed by atoms with Crippen molar-refractivity contribution in [3.05, 3.63) is 65.7 Å². The maximum atomic E-state index is 13.5. The zero-order valence-electron chi connectivity index (χ0n) is 25.3. The molecule has 0 radical (unpaired) electrons. The van der Waals surface area contributed by atoms with E-state index in [1.807, 2.05) is 0 Å². The van der Waals surface area contributed by atoms with E-state index in [1.165, 1.54) is 32.2 Å². The Morgan fingerprint density at radius 3 is 1.95 bits per heavy atom. The van der Waals surface area contributed by atoms with Gasteiger partial charge in [0.15, 0.2) is 0 Å². The van der Waals surface area contributed by atoms with E-state index in [0.29, 0.717) is 5.56 Å². The van der Waals surface area contributed by atoms with Crippen LogP contribution in [0.5, 0.6) is 0 Å². The maximum absolute atomic E-state index is 13.5. The van der Waals surface area contributed by atoms with Gasteiger partial charge in [0.1, 0.15) is 18.1 Å². The Morgan fingerprint density at radius 2 is 1.36 bits per heavy atom. The highest BCUT2D eigenvalue weighted by atomic mass is 16.5. The van der Waals surface area contributed by atoms with Gasteiger partial charge >= 0.3 is 11.9 Å². The van der Waals surface area contributed by atoms with Gasteiger partial charge in [0.2, 0.25) is 17.7 Å². The number of carbonyl (C=O) groups is 7. The van der Waals surface area contributed by atoms with Crippen LogP contribution in [0.3, 0.4) is 0 Å². The number of esters is 2. The Balaban J connectivity index is 2.28. The summed E-state index contributed by atoms with van der Waals surface area (Å²) in [5.41, 5.74) is 0.759. The van der Waals surface area contributed by atoms with Crippen molar-refractivity contribution in [3.63, 3.8) is 0 Å². The van der Waals surface area contributed by atoms with Gasteiger partial charge in [-0.1, -0.05) is 56.3 Å². The van der Waals surface area contributed by atoms with Crippen LogP contribution >= 0.6 is 0 Å². The van der Waals surface area contributed by atoms with E-state index in [1.54, 1.807) is 50.2 Å². The molecule has 4 N–H and O–H groups in total. The number of benzene rings is 2. The second-order valence-corrected chi connectivity index (χ2v) is 10.2. The molecular formula is C31H38N4O9. The molecule has 44 heavy (non-hydrogen) atoms. The summed E-state index contributed by atoms with van der Waals surface area (Å²) in [6, 6.07) is 11.1. The SMILES string of the molecule is COC(=O)CC[C@H](NC(=O)[C@H](Cc1ccccc1)NC(=O)[C@@H](NC(=O)C(=O)c1ccccc1NC(C)=O)C(C)C)C(=O)OC. The molecule has 2 aromatic carbocycles. The van der Waals surface area contributed by atoms with Gasteiger partial charge in [-0.2, -0.15) is 0 Å². The molecule has 0 fully saturated rings. The minimum atomic E-state index is -1.24. The first-order valence-corrected chi connectivity index (χ1v) is 13.9. The molecule has 0 aromatic heterocycles. The molecule has 0 saturated carbocycles. The molecule has 0 heterocycles. The molecule has 3 atom stereocenters. The highest BCUT2D eigenvalue weighted by molar-refractivity contribution is 6.44. The van der Waals surface area contributed by atoms with Crippen molar-refractivity contribution in [2.24, 2.45) is 5.92 Å². The van der Waals surface area contributed by atoms with Crippen LogP contribution in [0.1, 0.15) is 49.5 Å². The molecule has 0 unspecified atom stereocenters. The summed E-state index contributed by atoms with van der Waals surface area (Å²) in [6.45, 7) is 4.55. The molecule has 0 saturated heterocycles. The zero-order valence-corrected chi connectivity index (χ0v) is 25.3. The zero-order chi connectivity index (χ0) is 32.8. The quantitative estimate of drug-likeness (QED) is 0.131. The van der Waals surface area contributed by atoms with E-state index >= 15 is 0 Å². The van der Waals surface area contributed by atoms with Crippen molar-refractivity contribution < 1.29 is 43.0 Å². The van der Waals surface area contributed by atoms with Crippen LogP contribution in [-0.4, -0.2) is 73.7 Å². The third kappa shape index (κ3) is 10.6. The van der Waals surface area contributed by atoms with Crippen LogP contribution in [0.2, 0.25) is 0 Å². The third-order valence-corrected chi connectivity index (χ3v) is 6.51. The average Bonchev–Trinajstić information content (AvgIpc) is 3.00. The summed E-state index contributed by atoms with van der Waals surface area (Å²) in [6.07, 6.45) is -0.262. The number of anilines is 1. The minimum Gasteiger partial charge on any atom is -0.469 e. The van der Waals surface area contributed by atoms with E-state index in [2.05, 4.69) is 26.0 Å². The van der Waals surface area contributed by atoms with Crippen molar-refractivity contribution in [2.45, 2.75) is 58.2 Å². The van der Waals surface area contributed by atoms with E-state index in [4.69, 9.17) is 4.74 Å². The molecule has 0 spiro atoms. The number of carbonyl (C=O) groups excluding carboxylic acids is 7. The molecule has 236 valence electrons. The van der Waals surface area contributed by atoms with Crippen molar-refractivity contribution >= 4 is 47.0 Å². The van der Waals surface area contributed by atoms with E-state index in [0.717, 1.165) is 7.11 Å². The fourth-order valence-corrected chi connectivity index (χ4v) is 4.19. The number of Topliss-reactive ketones (excluding diaryl/α,β-unsaturated/α-hetero) is 1. The van der Waals surface area contributed by atoms with Crippen molar-refractivity contribution in [3.8, 4) is 0 Å². The molecule has 0 bridgehead atoms. The lowest BCUT2D eigenvalue weighted by molar-refractivity contribution is -0.146. The van der Waals surface area contributed by atoms with E-state index in [9.17, 15) is 33.6 Å². The maximum Gasteiger partial charge on any atom is 0.328 e. The van der Waals surface area contributed by atoms with Gasteiger partial charge in [0.25, 0.3) is 11.7 Å². The molecule has 0 aliphatic rings. The van der Waals surface area contributed by atoms with Gasteiger partial charge in [-0.3, -0.25) is 28.8 Å². The Kier molecular flexibility index (Phi) is 13.7. The lowest BCUT2D eigenvalue weighted by Gasteiger charge is -2.26. The number of nitrogens with one attached hydrogen (secondary N) is 4. The monoisotopic (exact) mass is 610 g/mol. The molecule has 13 nitrogen and oxygen atoms in total. The van der Waals surface area contributed by atoms with Gasteiger partial charge in [-0.15, -0.1) is 0 Å². The summed E-state index contributed by atoms with van der Waals surface area (Å²) in [7, 11) is 2.33. The average molecular weight is 611 g/mol. The fraction of sp³-hybridized carbons (Fsp3) is 0.387. The van der Waals surface area contributed by atoms with Gasteiger partial charge in [-0.05, 0) is 30.0 Å². The van der Waals surface area contributed by atoms with Crippen LogP contribution < -0.4 is 21.3 Å². The minimum absolute atomic E-state index is 0.0189. The molecule has 2 rings (SSSR count). The topological polar surface area (TPSA) is 186 Å². The van der Waals surface area contributed by atoms with Crippen LogP contribution in [0, 0.1) is 5.92 Å². The number of hydrogen-bond acceptors (Lipinski definition) is 9. The summed E-state index contributed by atoms with van der Waals surface area (Å²) in [4.78, 5) is 88.5. The number of ketones is 1. The number of hydrogen-bond donors (Lipinski definition) is 4. The summed E-state index contributed by atoms with van der Waals surface area (Å²) < 4.78 is 9.37. The Morgan fingerprint density at radius 1 is 0.750 bits per heavy atom. The highest BCUT2D eigenvalue weighted by Crippen LogP contribution is 2.16. The second-order valence-electron chi connectivity index (χ2n) is 10.2. The second kappa shape index (κ2) is 17.1. The van der Waals surface area contributed by atoms with Crippen LogP contribution in [-0.2, 0) is 44.7 Å². The number of ether oxygens (including phenoxy) is 2. The van der Waals surface area contributed by atoms with Crippen molar-refractivity contribution in [2.75, 3.05) is 19.5 Å². The fourth-order valence-electron chi connectivity index (χ4n) is 4.19. The van der Waals surface area contributed by atoms with Crippen molar-refractivity contribution in [1.29, 1.82) is 0 Å². The third-order valence-electron chi connectivity index (χ3n) is 6.51. The van der Waals surface area contributed by atoms with Crippen molar-refractivity contribution in [1.82, 2.24) is 16.0 Å². The lowest BCUT2D eigenvalue weighted by Crippen LogP contribution is -2.58. The number of methoxy groups -OCH3 is 2. The van der Waals surface area contributed by atoms with Gasteiger partial charge < -0.3 is 30.7 Å². The Bertz CT molecular complexity index is 1360. The molecule has 0 aliphatic carbocycles. The summed E-state index contributed by atoms with van der Waals surface area (Å²) in [5, 5.41) is 10.1. The predicted molar refractivity (Wildman–Crippen MR) is 159 cm³/mol. The smallest absolute Gasteiger partial charge is 0.328 e. The standard InChI is InChI=1S/C31H38N4O9/c1-18(2)26(35-30(41)27(38)21-13-9-10-14-22(21)32-19(3)36)29(40)34-24(17-20-11-7-6-8-12-20)28(39)33-23(31(42)44-5)15-16-25(37)43-4/h6-14,18,23-24,26H,15-17H2,1-5H3,(H,32,36)(H,33,39)(H,34,40)(H,35,41)/t23-,24-,26-/m0/s1. The first kappa shape index (κ1) is 35.1. The number of para-hydroxylation sites is 1. The van der Waals surface area contributed by atoms with Gasteiger partial charge in [-0.25, -0.2) is 4.79 Å². The van der Waals surface area contributed by atoms with Crippen LogP contribution in [0.4, 0.5) is 5.69 Å².